The smallest absolute Gasteiger partial charge is 0.322 e. The van der Waals surface area contributed by atoms with Gasteiger partial charge in [0.25, 0.3) is 0 Å². The Bertz CT molecular complexity index is 668. The number of carbonyl (C=O) groups is 1. The molecule has 0 spiro atoms. The molecule has 20 heavy (non-hydrogen) atoms. The Morgan fingerprint density at radius 3 is 2.60 bits per heavy atom. The molecule has 0 amide bonds. The predicted molar refractivity (Wildman–Crippen MR) is 70.5 cm³/mol. The van der Waals surface area contributed by atoms with Gasteiger partial charge < -0.3 is 10.1 Å². The molecular weight excluding hydrogens is 282 g/mol. The maximum atomic E-state index is 12.1. The summed E-state index contributed by atoms with van der Waals surface area (Å²) in [6.07, 6.45) is 2.84. The molecule has 8 heteroatoms. The third-order valence-electron chi connectivity index (χ3n) is 2.63. The quantitative estimate of drug-likeness (QED) is 0.713. The molecule has 0 unspecified atom stereocenters. The molecule has 0 saturated heterocycles. The third kappa shape index (κ3) is 3.43. The number of aromatic nitrogens is 2. The first-order chi connectivity index (χ1) is 9.49. The van der Waals surface area contributed by atoms with Crippen molar-refractivity contribution < 1.29 is 18.3 Å². The zero-order chi connectivity index (χ0) is 14.6. The summed E-state index contributed by atoms with van der Waals surface area (Å²) in [4.78, 5) is 17.7. The lowest BCUT2D eigenvalue weighted by Crippen LogP contribution is -2.42. The molecular formula is C12H13N3O4S. The number of imidazole rings is 1. The lowest BCUT2D eigenvalue weighted by atomic mass is 10.2. The maximum absolute atomic E-state index is 12.1. The number of carboxylic acids is 1. The summed E-state index contributed by atoms with van der Waals surface area (Å²) in [5.41, 5.74) is 0.535. The number of aromatic amines is 1. The second-order valence-corrected chi connectivity index (χ2v) is 5.82. The van der Waals surface area contributed by atoms with Crippen LogP contribution in [0.15, 0.2) is 47.8 Å². The van der Waals surface area contributed by atoms with Gasteiger partial charge in [-0.3, -0.25) is 4.79 Å². The number of hydrogen-bond donors (Lipinski definition) is 3. The molecule has 0 bridgehead atoms. The Hall–Kier alpha value is -2.19. The van der Waals surface area contributed by atoms with Gasteiger partial charge in [-0.15, -0.1) is 0 Å². The van der Waals surface area contributed by atoms with E-state index in [0.29, 0.717) is 5.69 Å². The SMILES string of the molecule is O=C(O)[C@@H](Cc1cnc[nH]1)NS(=O)(=O)c1ccccc1. The standard InChI is InChI=1S/C12H13N3O4S/c16-12(17)11(6-9-7-13-8-14-9)15-20(18,19)10-4-2-1-3-5-10/h1-5,7-8,11,15H,6H2,(H,13,14)(H,16,17)/t11-/m1/s1. The highest BCUT2D eigenvalue weighted by molar-refractivity contribution is 7.89. The minimum Gasteiger partial charge on any atom is -0.480 e. The van der Waals surface area contributed by atoms with Crippen LogP contribution in [0.1, 0.15) is 5.69 Å². The molecule has 0 radical (unpaired) electrons. The van der Waals surface area contributed by atoms with Gasteiger partial charge in [0.2, 0.25) is 10.0 Å². The van der Waals surface area contributed by atoms with Gasteiger partial charge >= 0.3 is 5.97 Å². The average Bonchev–Trinajstić information content (AvgIpc) is 2.91. The van der Waals surface area contributed by atoms with Crippen LogP contribution in [0.2, 0.25) is 0 Å². The van der Waals surface area contributed by atoms with Crippen LogP contribution in [-0.4, -0.2) is 35.5 Å². The van der Waals surface area contributed by atoms with Crippen molar-refractivity contribution in [1.29, 1.82) is 0 Å². The van der Waals surface area contributed by atoms with Crippen LogP contribution in [0.5, 0.6) is 0 Å². The number of rotatable bonds is 6. The van der Waals surface area contributed by atoms with Crippen molar-refractivity contribution in [3.8, 4) is 0 Å². The van der Waals surface area contributed by atoms with Crippen LogP contribution in [0.3, 0.4) is 0 Å². The van der Waals surface area contributed by atoms with E-state index >= 15 is 0 Å². The van der Waals surface area contributed by atoms with Crippen molar-refractivity contribution in [2.45, 2.75) is 17.4 Å². The first-order valence-corrected chi connectivity index (χ1v) is 7.25. The van der Waals surface area contributed by atoms with E-state index in [-0.39, 0.29) is 11.3 Å². The van der Waals surface area contributed by atoms with Gasteiger partial charge in [-0.1, -0.05) is 18.2 Å². The van der Waals surface area contributed by atoms with Gasteiger partial charge in [-0.2, -0.15) is 4.72 Å². The molecule has 106 valence electrons. The minimum absolute atomic E-state index is 0.0125. The Balaban J connectivity index is 2.18. The van der Waals surface area contributed by atoms with Gasteiger partial charge in [-0.05, 0) is 12.1 Å². The van der Waals surface area contributed by atoms with E-state index < -0.39 is 22.0 Å². The van der Waals surface area contributed by atoms with Gasteiger partial charge in [0.05, 0.1) is 11.2 Å². The lowest BCUT2D eigenvalue weighted by molar-refractivity contribution is -0.138. The van der Waals surface area contributed by atoms with Gasteiger partial charge in [-0.25, -0.2) is 13.4 Å². The van der Waals surface area contributed by atoms with Crippen LogP contribution >= 0.6 is 0 Å². The molecule has 7 nitrogen and oxygen atoms in total. The van der Waals surface area contributed by atoms with Crippen molar-refractivity contribution >= 4 is 16.0 Å². The number of benzene rings is 1. The van der Waals surface area contributed by atoms with Crippen molar-refractivity contribution in [1.82, 2.24) is 14.7 Å². The molecule has 3 N–H and O–H groups in total. The molecule has 2 aromatic rings. The highest BCUT2D eigenvalue weighted by Crippen LogP contribution is 2.09. The largest absolute Gasteiger partial charge is 0.480 e. The molecule has 0 fully saturated rings. The molecule has 0 saturated carbocycles. The Morgan fingerprint density at radius 1 is 1.35 bits per heavy atom. The molecule has 2 rings (SSSR count). The molecule has 0 aliphatic heterocycles. The zero-order valence-electron chi connectivity index (χ0n) is 10.4. The van der Waals surface area contributed by atoms with E-state index in [9.17, 15) is 13.2 Å². The topological polar surface area (TPSA) is 112 Å². The van der Waals surface area contributed by atoms with E-state index in [1.807, 2.05) is 0 Å². The van der Waals surface area contributed by atoms with Crippen molar-refractivity contribution in [3.05, 3.63) is 48.5 Å². The summed E-state index contributed by atoms with van der Waals surface area (Å²) in [6.45, 7) is 0. The van der Waals surface area contributed by atoms with Crippen LogP contribution in [0.25, 0.3) is 0 Å². The summed E-state index contributed by atoms with van der Waals surface area (Å²) in [6, 6.07) is 6.35. The number of hydrogen-bond acceptors (Lipinski definition) is 4. The highest BCUT2D eigenvalue weighted by Gasteiger charge is 2.25. The molecule has 1 aromatic carbocycles. The van der Waals surface area contributed by atoms with E-state index in [1.54, 1.807) is 18.2 Å². The van der Waals surface area contributed by atoms with Crippen molar-refractivity contribution in [2.75, 3.05) is 0 Å². The van der Waals surface area contributed by atoms with E-state index in [1.165, 1.54) is 24.7 Å². The number of H-pyrrole nitrogens is 1. The van der Waals surface area contributed by atoms with Crippen LogP contribution in [-0.2, 0) is 21.2 Å². The van der Waals surface area contributed by atoms with Gasteiger partial charge in [0.15, 0.2) is 0 Å². The Kier molecular flexibility index (Phi) is 4.16. The summed E-state index contributed by atoms with van der Waals surface area (Å²) < 4.78 is 26.3. The summed E-state index contributed by atoms with van der Waals surface area (Å²) in [5.74, 6) is -1.25. The van der Waals surface area contributed by atoms with Crippen LogP contribution in [0, 0.1) is 0 Å². The van der Waals surface area contributed by atoms with Crippen molar-refractivity contribution in [2.24, 2.45) is 0 Å². The molecule has 1 heterocycles. The first kappa shape index (κ1) is 14.2. The number of carboxylic acid groups (broad SMARTS) is 1. The Morgan fingerprint density at radius 2 is 2.05 bits per heavy atom. The Labute approximate surface area is 115 Å². The van der Waals surface area contributed by atoms with E-state index in [4.69, 9.17) is 5.11 Å². The second kappa shape index (κ2) is 5.85. The maximum Gasteiger partial charge on any atom is 0.322 e. The fraction of sp³-hybridized carbons (Fsp3) is 0.167. The predicted octanol–water partition coefficient (Wildman–Crippen LogP) is 0.384. The van der Waals surface area contributed by atoms with Crippen molar-refractivity contribution in [3.63, 3.8) is 0 Å². The summed E-state index contributed by atoms with van der Waals surface area (Å²) in [5, 5.41) is 9.12. The average molecular weight is 295 g/mol. The van der Waals surface area contributed by atoms with Gasteiger partial charge in [0.1, 0.15) is 6.04 Å². The molecule has 1 aromatic heterocycles. The normalized spacial score (nSPS) is 13.0. The third-order valence-corrected chi connectivity index (χ3v) is 4.12. The first-order valence-electron chi connectivity index (χ1n) is 5.76. The number of sulfonamides is 1. The van der Waals surface area contributed by atoms with E-state index in [2.05, 4.69) is 14.7 Å². The molecule has 0 aliphatic carbocycles. The lowest BCUT2D eigenvalue weighted by Gasteiger charge is -2.14. The van der Waals surface area contributed by atoms with Crippen LogP contribution in [0.4, 0.5) is 0 Å². The van der Waals surface area contributed by atoms with E-state index in [0.717, 1.165) is 0 Å². The zero-order valence-corrected chi connectivity index (χ0v) is 11.2. The molecule has 1 atom stereocenters. The number of nitrogens with zero attached hydrogens (tertiary/aromatic N) is 1. The monoisotopic (exact) mass is 295 g/mol. The summed E-state index contributed by atoms with van der Waals surface area (Å²) >= 11 is 0. The van der Waals surface area contributed by atoms with Crippen LogP contribution < -0.4 is 4.72 Å². The number of aliphatic carboxylic acids is 1. The summed E-state index contributed by atoms with van der Waals surface area (Å²) in [7, 11) is -3.87. The fourth-order valence-electron chi connectivity index (χ4n) is 1.65. The minimum atomic E-state index is -3.87. The molecule has 0 aliphatic rings. The highest BCUT2D eigenvalue weighted by atomic mass is 32.2. The second-order valence-electron chi connectivity index (χ2n) is 4.11. The fourth-order valence-corrected chi connectivity index (χ4v) is 2.86. The number of nitrogens with one attached hydrogen (secondary N) is 2. The van der Waals surface area contributed by atoms with Gasteiger partial charge in [0, 0.05) is 18.3 Å².